The average Bonchev–Trinajstić information content (AvgIpc) is 2.19. The van der Waals surface area contributed by atoms with Gasteiger partial charge in [-0.3, -0.25) is 0 Å². The third-order valence-electron chi connectivity index (χ3n) is 6.11. The second kappa shape index (κ2) is 3.04. The zero-order valence-corrected chi connectivity index (χ0v) is 11.1. The van der Waals surface area contributed by atoms with E-state index < -0.39 is 0 Å². The predicted molar refractivity (Wildman–Crippen MR) is 66.1 cm³/mol. The number of hydrogen-bond acceptors (Lipinski definition) is 1. The largest absolute Gasteiger partial charge is 0.390 e. The van der Waals surface area contributed by atoms with Crippen molar-refractivity contribution >= 4 is 0 Å². The van der Waals surface area contributed by atoms with Crippen molar-refractivity contribution in [3.63, 3.8) is 0 Å². The Morgan fingerprint density at radius 3 is 2.44 bits per heavy atom. The smallest absolute Gasteiger partial charge is 0.0684 e. The molecule has 0 saturated heterocycles. The van der Waals surface area contributed by atoms with Crippen molar-refractivity contribution in [1.29, 1.82) is 0 Å². The van der Waals surface area contributed by atoms with Crippen LogP contribution in [0.5, 0.6) is 0 Å². The summed E-state index contributed by atoms with van der Waals surface area (Å²) in [6, 6.07) is 0. The van der Waals surface area contributed by atoms with Crippen molar-refractivity contribution < 1.29 is 5.11 Å². The Kier molecular flexibility index (Phi) is 2.11. The molecule has 0 amide bonds. The summed E-state index contributed by atoms with van der Waals surface area (Å²) in [6.07, 6.45) is 8.70. The van der Waals surface area contributed by atoms with Crippen LogP contribution < -0.4 is 0 Å². The van der Waals surface area contributed by atoms with Crippen LogP contribution in [0, 0.1) is 22.7 Å². The first kappa shape index (κ1) is 11.1. The molecule has 1 N–H and O–H groups in total. The van der Waals surface area contributed by atoms with Crippen LogP contribution in [0.25, 0.3) is 0 Å². The average molecular weight is 222 g/mol. The van der Waals surface area contributed by atoms with Crippen LogP contribution in [0.15, 0.2) is 0 Å². The molecule has 0 heterocycles. The van der Waals surface area contributed by atoms with Crippen LogP contribution in [-0.2, 0) is 0 Å². The Bertz CT molecular complexity index is 309. The van der Waals surface area contributed by atoms with Crippen LogP contribution in [0.2, 0.25) is 0 Å². The van der Waals surface area contributed by atoms with Crippen molar-refractivity contribution in [3.8, 4) is 0 Å². The molecule has 3 rings (SSSR count). The Morgan fingerprint density at radius 2 is 1.75 bits per heavy atom. The minimum absolute atomic E-state index is 0.302. The van der Waals surface area contributed by atoms with Crippen LogP contribution in [-0.4, -0.2) is 10.7 Å². The highest BCUT2D eigenvalue weighted by molar-refractivity contribution is 5.10. The first-order chi connectivity index (χ1) is 7.35. The molecule has 4 atom stereocenters. The lowest BCUT2D eigenvalue weighted by molar-refractivity contribution is -0.161. The van der Waals surface area contributed by atoms with Gasteiger partial charge in [-0.2, -0.15) is 0 Å². The molecule has 0 unspecified atom stereocenters. The van der Waals surface area contributed by atoms with Crippen molar-refractivity contribution in [2.45, 2.75) is 71.3 Å². The summed E-state index contributed by atoms with van der Waals surface area (Å²) in [5.41, 5.74) is 0.637. The van der Waals surface area contributed by atoms with Gasteiger partial charge < -0.3 is 5.11 Å². The van der Waals surface area contributed by atoms with E-state index in [0.717, 1.165) is 18.8 Å². The molecule has 0 aromatic heterocycles. The van der Waals surface area contributed by atoms with Crippen LogP contribution in [0.3, 0.4) is 0 Å². The van der Waals surface area contributed by atoms with Gasteiger partial charge in [-0.1, -0.05) is 27.2 Å². The highest BCUT2D eigenvalue weighted by Gasteiger charge is 2.59. The van der Waals surface area contributed by atoms with Crippen molar-refractivity contribution in [2.75, 3.05) is 0 Å². The molecule has 1 nitrogen and oxygen atoms in total. The third-order valence-corrected chi connectivity index (χ3v) is 6.11. The fourth-order valence-corrected chi connectivity index (χ4v) is 5.17. The maximum atomic E-state index is 11.0. The molecule has 3 fully saturated rings. The summed E-state index contributed by atoms with van der Waals surface area (Å²) in [7, 11) is 0. The SMILES string of the molecule is CC1(C)C[C@@H]2[C@H]1CC[C@]1(C)CCC[C@]2(O)C1. The Hall–Kier alpha value is -0.0400. The summed E-state index contributed by atoms with van der Waals surface area (Å²) in [5.74, 6) is 1.40. The molecular weight excluding hydrogens is 196 g/mol. The van der Waals surface area contributed by atoms with Crippen LogP contribution >= 0.6 is 0 Å². The highest BCUT2D eigenvalue weighted by atomic mass is 16.3. The Morgan fingerprint density at radius 1 is 1.00 bits per heavy atom. The first-order valence-electron chi connectivity index (χ1n) is 7.07. The standard InChI is InChI=1S/C15H26O/c1-13(2)9-12-11(13)5-8-14(3)6-4-7-15(12,16)10-14/h11-12,16H,4-10H2,1-3H3/t11-,12-,14+,15+/m1/s1. The first-order valence-corrected chi connectivity index (χ1v) is 7.07. The van der Waals surface area contributed by atoms with E-state index >= 15 is 0 Å². The van der Waals surface area contributed by atoms with Gasteiger partial charge in [0.25, 0.3) is 0 Å². The Labute approximate surface area is 99.6 Å². The molecule has 0 aliphatic heterocycles. The van der Waals surface area contributed by atoms with Gasteiger partial charge in [0.05, 0.1) is 5.60 Å². The minimum Gasteiger partial charge on any atom is -0.390 e. The minimum atomic E-state index is -0.302. The number of fused-ring (bicyclic) bond motifs is 4. The molecule has 3 aliphatic rings. The van der Waals surface area contributed by atoms with Gasteiger partial charge in [0.2, 0.25) is 0 Å². The molecule has 0 aromatic carbocycles. The lowest BCUT2D eigenvalue weighted by atomic mass is 9.49. The van der Waals surface area contributed by atoms with Gasteiger partial charge in [0.1, 0.15) is 0 Å². The maximum Gasteiger partial charge on any atom is 0.0684 e. The van der Waals surface area contributed by atoms with E-state index in [4.69, 9.17) is 0 Å². The third kappa shape index (κ3) is 1.40. The molecule has 16 heavy (non-hydrogen) atoms. The zero-order chi connectivity index (χ0) is 11.6. The monoisotopic (exact) mass is 222 g/mol. The summed E-state index contributed by atoms with van der Waals surface area (Å²) in [6.45, 7) is 7.21. The fourth-order valence-electron chi connectivity index (χ4n) is 5.17. The van der Waals surface area contributed by atoms with Crippen LogP contribution in [0.4, 0.5) is 0 Å². The van der Waals surface area contributed by atoms with Gasteiger partial charge in [0, 0.05) is 0 Å². The Balaban J connectivity index is 1.92. The summed E-state index contributed by atoms with van der Waals surface area (Å²) in [4.78, 5) is 0. The molecule has 92 valence electrons. The quantitative estimate of drug-likeness (QED) is 0.662. The van der Waals surface area contributed by atoms with Gasteiger partial charge >= 0.3 is 0 Å². The number of rotatable bonds is 0. The zero-order valence-electron chi connectivity index (χ0n) is 11.1. The van der Waals surface area contributed by atoms with Gasteiger partial charge in [0.15, 0.2) is 0 Å². The van der Waals surface area contributed by atoms with Crippen molar-refractivity contribution in [1.82, 2.24) is 0 Å². The molecule has 1 heteroatoms. The molecule has 3 saturated carbocycles. The lowest BCUT2D eigenvalue weighted by Crippen LogP contribution is -2.56. The van der Waals surface area contributed by atoms with Gasteiger partial charge in [-0.25, -0.2) is 0 Å². The van der Waals surface area contributed by atoms with E-state index in [1.54, 1.807) is 0 Å². The molecule has 2 bridgehead atoms. The van der Waals surface area contributed by atoms with E-state index in [9.17, 15) is 5.11 Å². The number of aliphatic hydroxyl groups is 1. The summed E-state index contributed by atoms with van der Waals surface area (Å²) >= 11 is 0. The molecular formula is C15H26O. The maximum absolute atomic E-state index is 11.0. The lowest BCUT2D eigenvalue weighted by Gasteiger charge is -2.58. The van der Waals surface area contributed by atoms with Crippen molar-refractivity contribution in [2.24, 2.45) is 22.7 Å². The normalized spacial score (nSPS) is 54.8. The van der Waals surface area contributed by atoms with Gasteiger partial charge in [-0.15, -0.1) is 0 Å². The van der Waals surface area contributed by atoms with E-state index in [0.29, 0.717) is 16.7 Å². The molecule has 0 spiro atoms. The van der Waals surface area contributed by atoms with E-state index in [-0.39, 0.29) is 5.60 Å². The predicted octanol–water partition coefficient (Wildman–Crippen LogP) is 3.75. The van der Waals surface area contributed by atoms with Crippen molar-refractivity contribution in [3.05, 3.63) is 0 Å². The molecule has 3 aliphatic carbocycles. The molecule has 0 aromatic rings. The highest BCUT2D eigenvalue weighted by Crippen LogP contribution is 2.64. The molecule has 0 radical (unpaired) electrons. The topological polar surface area (TPSA) is 20.2 Å². The summed E-state index contributed by atoms with van der Waals surface area (Å²) < 4.78 is 0. The van der Waals surface area contributed by atoms with Crippen LogP contribution in [0.1, 0.15) is 65.7 Å². The van der Waals surface area contributed by atoms with E-state index in [2.05, 4.69) is 20.8 Å². The van der Waals surface area contributed by atoms with Gasteiger partial charge in [-0.05, 0) is 61.2 Å². The van der Waals surface area contributed by atoms with E-state index in [1.165, 1.54) is 32.1 Å². The van der Waals surface area contributed by atoms with E-state index in [1.807, 2.05) is 0 Å². The second-order valence-electron chi connectivity index (χ2n) is 7.89. The number of hydrogen-bond donors (Lipinski definition) is 1. The second-order valence-corrected chi connectivity index (χ2v) is 7.89. The fraction of sp³-hybridized carbons (Fsp3) is 1.00. The summed E-state index contributed by atoms with van der Waals surface area (Å²) in [5, 5.41) is 11.0.